The lowest BCUT2D eigenvalue weighted by molar-refractivity contribution is -0.305. The number of nitrogens with one attached hydrogen (secondary N) is 1. The second-order valence-electron chi connectivity index (χ2n) is 18.7. The van der Waals surface area contributed by atoms with Crippen molar-refractivity contribution in [3.05, 3.63) is 109 Å². The topological polar surface area (TPSA) is 175 Å². The van der Waals surface area contributed by atoms with Gasteiger partial charge in [-0.25, -0.2) is 0 Å². The van der Waals surface area contributed by atoms with E-state index in [9.17, 15) is 35.1 Å². The fraction of sp³-hybridized carbons (Fsp3) is 0.667. The molecule has 71 heavy (non-hydrogen) atoms. The molecule has 0 bridgehead atoms. The highest BCUT2D eigenvalue weighted by atomic mass is 16.7. The minimum absolute atomic E-state index is 0.0365. The average Bonchev–Trinajstić information content (AvgIpc) is 3.37. The average molecular weight is 994 g/mol. The molecule has 404 valence electrons. The van der Waals surface area contributed by atoms with Crippen molar-refractivity contribution in [2.45, 2.75) is 243 Å². The zero-order chi connectivity index (χ0) is 51.8. The number of allylic oxidation sites excluding steroid dienone is 17. The minimum Gasteiger partial charge on any atom is -0.454 e. The molecule has 1 amide bonds. The minimum atomic E-state index is -1.65. The van der Waals surface area contributed by atoms with Gasteiger partial charge in [-0.05, 0) is 83.5 Å². The van der Waals surface area contributed by atoms with Crippen LogP contribution in [0, 0.1) is 0 Å². The number of carbonyl (C=O) groups is 2. The quantitative estimate of drug-likeness (QED) is 0.0149. The maximum Gasteiger partial charge on any atom is 0.306 e. The SMILES string of the molecule is CC/C=C/C=C/C=C\C=C/CCCCC(O)C(=O)NC(COC1OC(CO)C(O)C(O)C1OC(=O)CCC/C=C\C/C=C\C/C=C\C/C=C\CCCCC)C(O)/C=C/CCCCCCCCCCCCC. The Morgan fingerprint density at radius 1 is 0.577 bits per heavy atom. The summed E-state index contributed by atoms with van der Waals surface area (Å²) in [7, 11) is 0. The van der Waals surface area contributed by atoms with Gasteiger partial charge in [0.15, 0.2) is 12.4 Å². The normalized spacial score (nSPS) is 20.5. The van der Waals surface area contributed by atoms with Crippen LogP contribution in [0.5, 0.6) is 0 Å². The van der Waals surface area contributed by atoms with E-state index in [0.29, 0.717) is 19.3 Å². The summed E-state index contributed by atoms with van der Waals surface area (Å²) in [6, 6.07) is -1.06. The molecule has 0 aromatic rings. The van der Waals surface area contributed by atoms with Gasteiger partial charge in [0.1, 0.15) is 24.4 Å². The first kappa shape index (κ1) is 65.3. The van der Waals surface area contributed by atoms with Gasteiger partial charge in [-0.1, -0.05) is 214 Å². The Labute approximate surface area is 430 Å². The summed E-state index contributed by atoms with van der Waals surface area (Å²) in [5.74, 6) is -1.31. The van der Waals surface area contributed by atoms with E-state index in [0.717, 1.165) is 70.6 Å². The number of carbonyl (C=O) groups excluding carboxylic acids is 2. The summed E-state index contributed by atoms with van der Waals surface area (Å²) in [4.78, 5) is 26.4. The number of unbranched alkanes of at least 4 members (excludes halogenated alkanes) is 17. The Balaban J connectivity index is 2.82. The first-order valence-corrected chi connectivity index (χ1v) is 27.7. The van der Waals surface area contributed by atoms with Crippen molar-refractivity contribution in [1.29, 1.82) is 0 Å². The van der Waals surface area contributed by atoms with Gasteiger partial charge in [0.2, 0.25) is 5.91 Å². The lowest BCUT2D eigenvalue weighted by atomic mass is 9.99. The Morgan fingerprint density at radius 3 is 1.68 bits per heavy atom. The van der Waals surface area contributed by atoms with Crippen molar-refractivity contribution < 1.29 is 49.3 Å². The van der Waals surface area contributed by atoms with Crippen LogP contribution in [0.25, 0.3) is 0 Å². The number of ether oxygens (including phenoxy) is 3. The van der Waals surface area contributed by atoms with Crippen LogP contribution < -0.4 is 5.32 Å². The molecule has 6 N–H and O–H groups in total. The molecule has 0 aromatic carbocycles. The van der Waals surface area contributed by atoms with E-state index in [1.165, 1.54) is 70.6 Å². The van der Waals surface area contributed by atoms with Crippen LogP contribution >= 0.6 is 0 Å². The standard InChI is InChI=1S/C60H99NO10/c1-4-7-10-13-16-19-22-25-26-27-28-30-33-36-39-42-45-48-55(65)71-58-57(67)56(66)54(49-62)70-60(58)69-50-51(52(63)46-43-40-37-34-32-29-23-20-17-14-11-8-5-2)61-59(68)53(64)47-44-41-38-35-31-24-21-18-15-12-9-6-3/h9,12,15-16,18-19,21,24-26,28,30-31,35-36,39,43,46,51-54,56-58,60,62-64,66-67H,4-8,10-11,13-14,17,20,22-23,27,29,32-34,37-38,40-42,44-45,47-50H2,1-3H3,(H,61,68)/b12-9+,18-15+,19-16-,24-21-,26-25-,30-28-,35-31-,39-36-,46-43+. The van der Waals surface area contributed by atoms with Gasteiger partial charge in [-0.2, -0.15) is 0 Å². The van der Waals surface area contributed by atoms with Crippen LogP contribution in [0.1, 0.15) is 194 Å². The molecule has 8 atom stereocenters. The summed E-state index contributed by atoms with van der Waals surface area (Å²) in [6.45, 7) is 5.52. The number of hydrogen-bond donors (Lipinski definition) is 6. The Morgan fingerprint density at radius 2 is 1.07 bits per heavy atom. The maximum absolute atomic E-state index is 13.3. The van der Waals surface area contributed by atoms with Gasteiger partial charge in [0.25, 0.3) is 0 Å². The fourth-order valence-electron chi connectivity index (χ4n) is 7.83. The van der Waals surface area contributed by atoms with Gasteiger partial charge in [0, 0.05) is 6.42 Å². The second kappa shape index (κ2) is 47.3. The number of aliphatic hydroxyl groups is 5. The van der Waals surface area contributed by atoms with Crippen LogP contribution in [0.15, 0.2) is 109 Å². The molecule has 1 aliphatic rings. The molecule has 0 aliphatic carbocycles. The van der Waals surface area contributed by atoms with E-state index in [4.69, 9.17) is 14.2 Å². The van der Waals surface area contributed by atoms with Crippen molar-refractivity contribution in [2.75, 3.05) is 13.2 Å². The van der Waals surface area contributed by atoms with Crippen molar-refractivity contribution >= 4 is 11.9 Å². The summed E-state index contributed by atoms with van der Waals surface area (Å²) in [5.41, 5.74) is 0. The molecule has 1 rings (SSSR count). The van der Waals surface area contributed by atoms with E-state index < -0.39 is 67.4 Å². The van der Waals surface area contributed by atoms with Crippen LogP contribution in [-0.4, -0.2) is 99.6 Å². The monoisotopic (exact) mass is 994 g/mol. The predicted molar refractivity (Wildman–Crippen MR) is 291 cm³/mol. The van der Waals surface area contributed by atoms with Gasteiger partial charge in [-0.15, -0.1) is 0 Å². The van der Waals surface area contributed by atoms with Crippen molar-refractivity contribution in [1.82, 2.24) is 5.32 Å². The van der Waals surface area contributed by atoms with Crippen LogP contribution in [-0.2, 0) is 23.8 Å². The lowest BCUT2D eigenvalue weighted by Crippen LogP contribution is -2.61. The second-order valence-corrected chi connectivity index (χ2v) is 18.7. The maximum atomic E-state index is 13.3. The third kappa shape index (κ3) is 36.0. The molecule has 1 saturated heterocycles. The highest BCUT2D eigenvalue weighted by Gasteiger charge is 2.47. The van der Waals surface area contributed by atoms with Gasteiger partial charge in [-0.3, -0.25) is 9.59 Å². The smallest absolute Gasteiger partial charge is 0.306 e. The Bertz CT molecular complexity index is 1560. The summed E-state index contributed by atoms with van der Waals surface area (Å²) in [5, 5.41) is 56.6. The molecule has 1 heterocycles. The molecular formula is C60H99NO10. The molecule has 11 nitrogen and oxygen atoms in total. The molecular weight excluding hydrogens is 895 g/mol. The molecule has 0 aromatic heterocycles. The molecule has 1 aliphatic heterocycles. The van der Waals surface area contributed by atoms with Crippen LogP contribution in [0.3, 0.4) is 0 Å². The summed E-state index contributed by atoms with van der Waals surface area (Å²) < 4.78 is 17.5. The highest BCUT2D eigenvalue weighted by Crippen LogP contribution is 2.26. The summed E-state index contributed by atoms with van der Waals surface area (Å²) in [6.07, 6.45) is 52.9. The van der Waals surface area contributed by atoms with Gasteiger partial charge in [0.05, 0.1) is 25.4 Å². The summed E-state index contributed by atoms with van der Waals surface area (Å²) >= 11 is 0. The Hall–Kier alpha value is -3.68. The zero-order valence-corrected chi connectivity index (χ0v) is 44.3. The van der Waals surface area contributed by atoms with E-state index in [1.807, 2.05) is 60.8 Å². The number of aliphatic hydroxyl groups excluding tert-OH is 5. The van der Waals surface area contributed by atoms with Gasteiger partial charge < -0.3 is 45.1 Å². The highest BCUT2D eigenvalue weighted by molar-refractivity contribution is 5.80. The van der Waals surface area contributed by atoms with Crippen molar-refractivity contribution in [3.63, 3.8) is 0 Å². The first-order chi connectivity index (χ1) is 34.7. The molecule has 8 unspecified atom stereocenters. The number of rotatable bonds is 44. The molecule has 0 radical (unpaired) electrons. The molecule has 0 spiro atoms. The third-order valence-corrected chi connectivity index (χ3v) is 12.3. The fourth-order valence-corrected chi connectivity index (χ4v) is 7.83. The number of amides is 1. The van der Waals surface area contributed by atoms with E-state index in [2.05, 4.69) is 68.6 Å². The predicted octanol–water partition coefficient (Wildman–Crippen LogP) is 12.2. The molecule has 1 fully saturated rings. The van der Waals surface area contributed by atoms with Crippen molar-refractivity contribution in [3.8, 4) is 0 Å². The molecule has 0 saturated carbocycles. The number of esters is 1. The first-order valence-electron chi connectivity index (χ1n) is 27.7. The zero-order valence-electron chi connectivity index (χ0n) is 44.3. The third-order valence-electron chi connectivity index (χ3n) is 12.3. The molecule has 11 heteroatoms. The van der Waals surface area contributed by atoms with E-state index in [-0.39, 0.29) is 19.4 Å². The van der Waals surface area contributed by atoms with Gasteiger partial charge >= 0.3 is 5.97 Å². The van der Waals surface area contributed by atoms with Crippen LogP contribution in [0.2, 0.25) is 0 Å². The van der Waals surface area contributed by atoms with E-state index in [1.54, 1.807) is 6.08 Å². The van der Waals surface area contributed by atoms with E-state index >= 15 is 0 Å². The largest absolute Gasteiger partial charge is 0.454 e. The lowest BCUT2D eigenvalue weighted by Gasteiger charge is -2.41. The van der Waals surface area contributed by atoms with Crippen molar-refractivity contribution in [2.24, 2.45) is 0 Å². The Kier molecular flexibility index (Phi) is 43.6. The van der Waals surface area contributed by atoms with Crippen LogP contribution in [0.4, 0.5) is 0 Å². The number of hydrogen-bond acceptors (Lipinski definition) is 10.